The van der Waals surface area contributed by atoms with E-state index in [0.29, 0.717) is 6.07 Å². The minimum absolute atomic E-state index is 0.0709. The second kappa shape index (κ2) is 5.52. The number of hydrogen-bond donors (Lipinski definition) is 0. The van der Waals surface area contributed by atoms with Crippen LogP contribution in [0.4, 0.5) is 17.6 Å². The first-order chi connectivity index (χ1) is 9.32. The van der Waals surface area contributed by atoms with Crippen LogP contribution >= 0.6 is 11.3 Å². The number of benzene rings is 1. The normalized spacial score (nSPS) is 13.5. The zero-order valence-electron chi connectivity index (χ0n) is 11.0. The van der Waals surface area contributed by atoms with Gasteiger partial charge in [0, 0.05) is 10.9 Å². The highest BCUT2D eigenvalue weighted by Gasteiger charge is 2.34. The van der Waals surface area contributed by atoms with Gasteiger partial charge in [-0.25, -0.2) is 9.37 Å². The van der Waals surface area contributed by atoms with Gasteiger partial charge in [-0.1, -0.05) is 13.8 Å². The minimum Gasteiger partial charge on any atom is -0.241 e. The van der Waals surface area contributed by atoms with Gasteiger partial charge in [0.2, 0.25) is 0 Å². The third-order valence-electron chi connectivity index (χ3n) is 3.16. The van der Waals surface area contributed by atoms with E-state index in [4.69, 9.17) is 0 Å². The van der Waals surface area contributed by atoms with Gasteiger partial charge in [0.1, 0.15) is 10.8 Å². The topological polar surface area (TPSA) is 12.9 Å². The smallest absolute Gasteiger partial charge is 0.241 e. The monoisotopic (exact) mass is 303 g/mol. The zero-order valence-corrected chi connectivity index (χ0v) is 11.8. The van der Waals surface area contributed by atoms with Gasteiger partial charge in [-0.15, -0.1) is 11.3 Å². The van der Waals surface area contributed by atoms with Crippen molar-refractivity contribution < 1.29 is 17.6 Å². The predicted octanol–water partition coefficient (Wildman–Crippen LogP) is 5.48. The summed E-state index contributed by atoms with van der Waals surface area (Å²) in [5, 5.41) is 2.03. The Morgan fingerprint density at radius 2 is 2.00 bits per heavy atom. The van der Waals surface area contributed by atoms with E-state index in [-0.39, 0.29) is 16.5 Å². The molecule has 0 saturated carbocycles. The molecule has 108 valence electrons. The fraction of sp³-hybridized carbons (Fsp3) is 0.357. The van der Waals surface area contributed by atoms with Crippen molar-refractivity contribution >= 4 is 11.3 Å². The molecule has 1 atom stereocenters. The maximum Gasteiger partial charge on any atom is 0.417 e. The Labute approximate surface area is 118 Å². The first-order valence-electron chi connectivity index (χ1n) is 6.15. The Morgan fingerprint density at radius 3 is 2.60 bits per heavy atom. The van der Waals surface area contributed by atoms with Crippen molar-refractivity contribution in [3.05, 3.63) is 40.7 Å². The van der Waals surface area contributed by atoms with E-state index in [1.165, 1.54) is 0 Å². The van der Waals surface area contributed by atoms with Crippen molar-refractivity contribution in [3.8, 4) is 10.6 Å². The van der Waals surface area contributed by atoms with E-state index in [2.05, 4.69) is 4.98 Å². The first kappa shape index (κ1) is 15.0. The molecule has 1 aromatic heterocycles. The Balaban J connectivity index is 2.50. The number of nitrogens with zero attached hydrogens (tertiary/aromatic N) is 1. The molecule has 0 bridgehead atoms. The van der Waals surface area contributed by atoms with Crippen LogP contribution < -0.4 is 0 Å². The summed E-state index contributed by atoms with van der Waals surface area (Å²) < 4.78 is 51.9. The van der Waals surface area contributed by atoms with E-state index in [1.54, 1.807) is 5.38 Å². The Hall–Kier alpha value is -1.43. The maximum absolute atomic E-state index is 13.1. The molecule has 20 heavy (non-hydrogen) atoms. The average molecular weight is 303 g/mol. The summed E-state index contributed by atoms with van der Waals surface area (Å²) in [6.07, 6.45) is -3.74. The first-order valence-corrected chi connectivity index (χ1v) is 7.03. The summed E-state index contributed by atoms with van der Waals surface area (Å²) in [7, 11) is 0. The molecule has 0 aliphatic carbocycles. The van der Waals surface area contributed by atoms with Crippen LogP contribution in [0, 0.1) is 5.82 Å². The second-order valence-electron chi connectivity index (χ2n) is 4.57. The molecule has 0 saturated heterocycles. The molecule has 1 unspecified atom stereocenters. The van der Waals surface area contributed by atoms with Crippen molar-refractivity contribution in [2.45, 2.75) is 32.4 Å². The van der Waals surface area contributed by atoms with Crippen LogP contribution in [0.15, 0.2) is 23.6 Å². The number of thiazole rings is 1. The van der Waals surface area contributed by atoms with Crippen molar-refractivity contribution in [2.24, 2.45) is 0 Å². The van der Waals surface area contributed by atoms with Gasteiger partial charge >= 0.3 is 6.18 Å². The van der Waals surface area contributed by atoms with Crippen molar-refractivity contribution in [2.75, 3.05) is 0 Å². The fourth-order valence-electron chi connectivity index (χ4n) is 1.78. The highest BCUT2D eigenvalue weighted by molar-refractivity contribution is 7.13. The third kappa shape index (κ3) is 3.00. The molecule has 2 aromatic rings. The summed E-state index contributed by atoms with van der Waals surface area (Å²) in [6, 6.07) is 2.67. The summed E-state index contributed by atoms with van der Waals surface area (Å²) in [4.78, 5) is 4.25. The molecule has 0 spiro atoms. The van der Waals surface area contributed by atoms with Gasteiger partial charge in [-0.2, -0.15) is 13.2 Å². The predicted molar refractivity (Wildman–Crippen MR) is 71.2 cm³/mol. The molecular weight excluding hydrogens is 290 g/mol. The van der Waals surface area contributed by atoms with Gasteiger partial charge < -0.3 is 0 Å². The zero-order chi connectivity index (χ0) is 14.9. The van der Waals surface area contributed by atoms with Crippen molar-refractivity contribution in [3.63, 3.8) is 0 Å². The van der Waals surface area contributed by atoms with Gasteiger partial charge in [-0.05, 0) is 30.5 Å². The van der Waals surface area contributed by atoms with Crippen molar-refractivity contribution in [1.82, 2.24) is 4.98 Å². The lowest BCUT2D eigenvalue weighted by molar-refractivity contribution is -0.137. The van der Waals surface area contributed by atoms with E-state index in [1.807, 2.05) is 13.8 Å². The van der Waals surface area contributed by atoms with E-state index in [0.717, 1.165) is 35.6 Å². The van der Waals surface area contributed by atoms with Crippen LogP contribution in [0.25, 0.3) is 10.6 Å². The molecule has 0 aliphatic rings. The number of alkyl halides is 3. The summed E-state index contributed by atoms with van der Waals surface area (Å²) >= 11 is 1.15. The van der Waals surface area contributed by atoms with Gasteiger partial charge in [-0.3, -0.25) is 0 Å². The second-order valence-corrected chi connectivity index (χ2v) is 5.43. The molecule has 0 radical (unpaired) electrons. The number of halogens is 4. The largest absolute Gasteiger partial charge is 0.417 e. The molecule has 0 amide bonds. The lowest BCUT2D eigenvalue weighted by Gasteiger charge is -2.11. The lowest BCUT2D eigenvalue weighted by Crippen LogP contribution is -2.07. The molecule has 0 N–H and O–H groups in total. The number of rotatable bonds is 3. The SMILES string of the molecule is CCC(C)c1csc(-c2ccc(F)cc2C(F)(F)F)n1. The van der Waals surface area contributed by atoms with Gasteiger partial charge in [0.05, 0.1) is 11.3 Å². The minimum atomic E-state index is -4.60. The Morgan fingerprint density at radius 1 is 1.30 bits per heavy atom. The maximum atomic E-state index is 13.1. The van der Waals surface area contributed by atoms with E-state index >= 15 is 0 Å². The average Bonchev–Trinajstić information content (AvgIpc) is 2.86. The van der Waals surface area contributed by atoms with Crippen LogP contribution in [-0.4, -0.2) is 4.98 Å². The molecule has 1 aromatic carbocycles. The highest BCUT2D eigenvalue weighted by Crippen LogP contribution is 2.39. The molecule has 1 heterocycles. The van der Waals surface area contributed by atoms with Crippen LogP contribution in [0.1, 0.15) is 37.4 Å². The lowest BCUT2D eigenvalue weighted by atomic mass is 10.1. The Kier molecular flexibility index (Phi) is 4.13. The van der Waals surface area contributed by atoms with Crippen LogP contribution in [0.2, 0.25) is 0 Å². The molecule has 6 heteroatoms. The van der Waals surface area contributed by atoms with Crippen LogP contribution in [0.3, 0.4) is 0 Å². The van der Waals surface area contributed by atoms with Crippen LogP contribution in [-0.2, 0) is 6.18 Å². The number of hydrogen-bond acceptors (Lipinski definition) is 2. The fourth-order valence-corrected chi connectivity index (χ4v) is 2.76. The standard InChI is InChI=1S/C14H13F4NS/c1-3-8(2)12-7-20-13(19-12)10-5-4-9(15)6-11(10)14(16,17)18/h4-8H,3H2,1-2H3. The summed E-state index contributed by atoms with van der Waals surface area (Å²) in [5.74, 6) is -0.713. The highest BCUT2D eigenvalue weighted by atomic mass is 32.1. The molecule has 0 aliphatic heterocycles. The van der Waals surface area contributed by atoms with Crippen molar-refractivity contribution in [1.29, 1.82) is 0 Å². The summed E-state index contributed by atoms with van der Waals surface area (Å²) in [6.45, 7) is 3.96. The van der Waals surface area contributed by atoms with Gasteiger partial charge in [0.15, 0.2) is 0 Å². The molecule has 2 rings (SSSR count). The number of aromatic nitrogens is 1. The molecule has 0 fully saturated rings. The molecular formula is C14H13F4NS. The quantitative estimate of drug-likeness (QED) is 0.684. The molecule has 1 nitrogen and oxygen atoms in total. The third-order valence-corrected chi connectivity index (χ3v) is 4.05. The van der Waals surface area contributed by atoms with Crippen LogP contribution in [0.5, 0.6) is 0 Å². The van der Waals surface area contributed by atoms with E-state index in [9.17, 15) is 17.6 Å². The van der Waals surface area contributed by atoms with Gasteiger partial charge in [0.25, 0.3) is 0 Å². The van der Waals surface area contributed by atoms with E-state index < -0.39 is 17.6 Å². The Bertz CT molecular complexity index is 603. The summed E-state index contributed by atoms with van der Waals surface area (Å²) in [5.41, 5.74) is -0.286.